The summed E-state index contributed by atoms with van der Waals surface area (Å²) in [5.74, 6) is 1.03. The van der Waals surface area contributed by atoms with E-state index < -0.39 is 7.26 Å². The van der Waals surface area contributed by atoms with Crippen molar-refractivity contribution < 1.29 is 0 Å². The van der Waals surface area contributed by atoms with E-state index in [0.717, 1.165) is 12.1 Å². The minimum atomic E-state index is -1.04. The zero-order chi connectivity index (χ0) is 21.3. The Morgan fingerprint density at radius 1 is 1.28 bits per heavy atom. The number of rotatable bonds is 11. The SMILES string of the molecule is C=C/C=C\C=C(\C)CC1C[PH]1(C)C/C=C\C(C)C1=C(/C=C/C/C=C\C)C(C)C=C1. The normalized spacial score (nSPS) is 26.4. The van der Waals surface area contributed by atoms with Gasteiger partial charge >= 0.3 is 180 Å². The average Bonchev–Trinajstić information content (AvgIpc) is 3.15. The van der Waals surface area contributed by atoms with E-state index in [-0.39, 0.29) is 0 Å². The van der Waals surface area contributed by atoms with Gasteiger partial charge in [0.05, 0.1) is 0 Å². The summed E-state index contributed by atoms with van der Waals surface area (Å²) in [7, 11) is -1.04. The molecule has 29 heavy (non-hydrogen) atoms. The molecule has 1 aliphatic heterocycles. The molecule has 3 atom stereocenters. The van der Waals surface area contributed by atoms with Crippen LogP contribution in [-0.2, 0) is 0 Å². The van der Waals surface area contributed by atoms with E-state index in [1.807, 2.05) is 12.2 Å². The predicted octanol–water partition coefficient (Wildman–Crippen LogP) is 8.04. The summed E-state index contributed by atoms with van der Waals surface area (Å²) < 4.78 is 0. The van der Waals surface area contributed by atoms with Crippen LogP contribution in [0.15, 0.2) is 96.2 Å². The first kappa shape index (κ1) is 23.6. The Morgan fingerprint density at radius 2 is 2.07 bits per heavy atom. The second-order valence-corrected chi connectivity index (χ2v) is 14.0. The van der Waals surface area contributed by atoms with E-state index in [0.29, 0.717) is 11.8 Å². The topological polar surface area (TPSA) is 0 Å². The molecular formula is C28H41P. The first-order chi connectivity index (χ1) is 13.9. The first-order valence-corrected chi connectivity index (χ1v) is 14.2. The van der Waals surface area contributed by atoms with Gasteiger partial charge in [0.1, 0.15) is 0 Å². The van der Waals surface area contributed by atoms with Crippen LogP contribution < -0.4 is 0 Å². The summed E-state index contributed by atoms with van der Waals surface area (Å²) in [6.45, 7) is 15.3. The molecule has 1 heterocycles. The van der Waals surface area contributed by atoms with Crippen LogP contribution in [-0.4, -0.2) is 24.6 Å². The van der Waals surface area contributed by atoms with Gasteiger partial charge in [0.2, 0.25) is 0 Å². The third-order valence-electron chi connectivity index (χ3n) is 6.43. The minimum absolute atomic E-state index is 0.498. The zero-order valence-electron chi connectivity index (χ0n) is 19.2. The van der Waals surface area contributed by atoms with Crippen molar-refractivity contribution in [2.75, 3.05) is 19.0 Å². The van der Waals surface area contributed by atoms with E-state index in [1.165, 1.54) is 35.5 Å². The Balaban J connectivity index is 1.91. The maximum absolute atomic E-state index is 3.73. The van der Waals surface area contributed by atoms with Gasteiger partial charge in [-0.3, -0.25) is 0 Å². The van der Waals surface area contributed by atoms with Crippen molar-refractivity contribution >= 4 is 7.26 Å². The van der Waals surface area contributed by atoms with Gasteiger partial charge in [-0.25, -0.2) is 0 Å². The monoisotopic (exact) mass is 408 g/mol. The third kappa shape index (κ3) is 7.27. The van der Waals surface area contributed by atoms with Crippen LogP contribution >= 0.6 is 7.26 Å². The van der Waals surface area contributed by atoms with Crippen molar-refractivity contribution in [3.63, 3.8) is 0 Å². The molecule has 0 aromatic rings. The quantitative estimate of drug-likeness (QED) is 0.184. The molecule has 1 fully saturated rings. The summed E-state index contributed by atoms with van der Waals surface area (Å²) in [5, 5.41) is 0. The molecule has 0 amide bonds. The molecule has 0 radical (unpaired) electrons. The fourth-order valence-corrected chi connectivity index (χ4v) is 8.44. The molecule has 0 aromatic carbocycles. The fraction of sp³-hybridized carbons (Fsp3) is 0.429. The summed E-state index contributed by atoms with van der Waals surface area (Å²) in [4.78, 5) is 0. The number of hydrogen-bond acceptors (Lipinski definition) is 0. The Labute approximate surface area is 180 Å². The summed E-state index contributed by atoms with van der Waals surface area (Å²) >= 11 is 0. The summed E-state index contributed by atoms with van der Waals surface area (Å²) in [6.07, 6.45) is 31.9. The fourth-order valence-electron chi connectivity index (χ4n) is 4.26. The molecule has 1 aliphatic carbocycles. The number of allylic oxidation sites excluding steroid dienone is 15. The molecular weight excluding hydrogens is 367 g/mol. The Bertz CT molecular complexity index is 768. The molecule has 2 rings (SSSR count). The Kier molecular flexibility index (Phi) is 9.38. The summed E-state index contributed by atoms with van der Waals surface area (Å²) in [5.41, 5.74) is 5.46. The van der Waals surface area contributed by atoms with Crippen LogP contribution in [0.5, 0.6) is 0 Å². The molecule has 158 valence electrons. The van der Waals surface area contributed by atoms with Crippen molar-refractivity contribution in [3.8, 4) is 0 Å². The molecule has 2 aliphatic rings. The third-order valence-corrected chi connectivity index (χ3v) is 10.9. The molecule has 0 aromatic heterocycles. The maximum atomic E-state index is 3.73. The standard InChI is InChI=1S/C28H41P/c1-7-9-11-13-17-27-25(5)18-19-28(27)24(4)16-14-20-29(6)22-26(29)21-23(3)15-12-10-8-2/h7-10,12-19,24-26,29H,2,11,20-22H2,1,3-6H3/b9-7-,12-10-,16-14-,17-13+,23-15-. The van der Waals surface area contributed by atoms with Crippen LogP contribution in [0.4, 0.5) is 0 Å². The van der Waals surface area contributed by atoms with Gasteiger partial charge in [-0.1, -0.05) is 0 Å². The van der Waals surface area contributed by atoms with Crippen molar-refractivity contribution in [3.05, 3.63) is 96.2 Å². The van der Waals surface area contributed by atoms with Crippen LogP contribution in [0.25, 0.3) is 0 Å². The van der Waals surface area contributed by atoms with E-state index in [4.69, 9.17) is 0 Å². The summed E-state index contributed by atoms with van der Waals surface area (Å²) in [6, 6.07) is 0. The molecule has 0 bridgehead atoms. The van der Waals surface area contributed by atoms with Gasteiger partial charge < -0.3 is 0 Å². The van der Waals surface area contributed by atoms with Crippen LogP contribution in [0.1, 0.15) is 40.5 Å². The molecule has 1 heteroatoms. The van der Waals surface area contributed by atoms with Crippen LogP contribution in [0.2, 0.25) is 0 Å². The van der Waals surface area contributed by atoms with Crippen molar-refractivity contribution in [2.45, 2.75) is 46.2 Å². The van der Waals surface area contributed by atoms with E-state index in [9.17, 15) is 0 Å². The van der Waals surface area contributed by atoms with Gasteiger partial charge in [-0.15, -0.1) is 0 Å². The molecule has 0 N–H and O–H groups in total. The van der Waals surface area contributed by atoms with Crippen molar-refractivity contribution in [2.24, 2.45) is 11.8 Å². The molecule has 3 unspecified atom stereocenters. The molecule has 0 nitrogen and oxygen atoms in total. The Hall–Kier alpha value is -1.65. The van der Waals surface area contributed by atoms with E-state index in [2.05, 4.69) is 102 Å². The van der Waals surface area contributed by atoms with Gasteiger partial charge in [0.15, 0.2) is 0 Å². The Morgan fingerprint density at radius 3 is 2.79 bits per heavy atom. The second-order valence-electron chi connectivity index (χ2n) is 9.08. The average molecular weight is 409 g/mol. The predicted molar refractivity (Wildman–Crippen MR) is 138 cm³/mol. The molecule has 0 saturated carbocycles. The van der Waals surface area contributed by atoms with Gasteiger partial charge in [-0.2, -0.15) is 0 Å². The van der Waals surface area contributed by atoms with Crippen molar-refractivity contribution in [1.29, 1.82) is 0 Å². The van der Waals surface area contributed by atoms with E-state index in [1.54, 1.807) is 0 Å². The zero-order valence-corrected chi connectivity index (χ0v) is 20.2. The van der Waals surface area contributed by atoms with Crippen LogP contribution in [0.3, 0.4) is 0 Å². The molecule has 0 spiro atoms. The van der Waals surface area contributed by atoms with Gasteiger partial charge in [0, 0.05) is 0 Å². The van der Waals surface area contributed by atoms with Gasteiger partial charge in [-0.05, 0) is 0 Å². The first-order valence-electron chi connectivity index (χ1n) is 11.2. The van der Waals surface area contributed by atoms with E-state index >= 15 is 0 Å². The molecule has 1 saturated heterocycles. The van der Waals surface area contributed by atoms with Crippen molar-refractivity contribution in [1.82, 2.24) is 0 Å². The van der Waals surface area contributed by atoms with Crippen LogP contribution in [0, 0.1) is 11.8 Å². The number of hydrogen-bond donors (Lipinski definition) is 0. The second kappa shape index (κ2) is 11.5. The van der Waals surface area contributed by atoms with Gasteiger partial charge in [0.25, 0.3) is 0 Å².